The van der Waals surface area contributed by atoms with Crippen LogP contribution in [0.4, 0.5) is 26.3 Å². The van der Waals surface area contributed by atoms with Crippen LogP contribution in [0.25, 0.3) is 5.69 Å². The Morgan fingerprint density at radius 1 is 1.10 bits per heavy atom. The van der Waals surface area contributed by atoms with Gasteiger partial charge in [-0.25, -0.2) is 18.1 Å². The molecule has 2 heterocycles. The zero-order valence-electron chi connectivity index (χ0n) is 20.3. The van der Waals surface area contributed by atoms with E-state index in [9.17, 15) is 49.6 Å². The fourth-order valence-electron chi connectivity index (χ4n) is 4.87. The predicted octanol–water partition coefficient (Wildman–Crippen LogP) is 2.54. The van der Waals surface area contributed by atoms with Crippen molar-refractivity contribution in [1.29, 1.82) is 5.26 Å². The Morgan fingerprint density at radius 3 is 2.27 bits per heavy atom. The molecule has 2 aliphatic carbocycles. The first-order valence-electron chi connectivity index (χ1n) is 12.0. The van der Waals surface area contributed by atoms with Crippen LogP contribution in [-0.4, -0.2) is 69.4 Å². The number of alkyl halides is 6. The van der Waals surface area contributed by atoms with Crippen molar-refractivity contribution in [3.8, 4) is 11.8 Å². The quantitative estimate of drug-likeness (QED) is 0.511. The van der Waals surface area contributed by atoms with Gasteiger partial charge in [-0.3, -0.25) is 9.59 Å². The molecule has 1 N–H and O–H groups in total. The van der Waals surface area contributed by atoms with Gasteiger partial charge in [-0.2, -0.15) is 36.7 Å². The SMILES string of the molecule is N#CC1(NC(=O)[C@@H]2C[C@@H](S(=O)(=O)c3ccc(-n4cncn4)cc3C(F)(F)F)CN2C(=O)C2(C(F)(F)F)CC2)CC1. The van der Waals surface area contributed by atoms with E-state index < -0.39 is 92.5 Å². The Balaban J connectivity index is 1.52. The second kappa shape index (κ2) is 8.91. The van der Waals surface area contributed by atoms with E-state index in [2.05, 4.69) is 15.4 Å². The van der Waals surface area contributed by atoms with Gasteiger partial charge in [-0.1, -0.05) is 0 Å². The van der Waals surface area contributed by atoms with E-state index >= 15 is 0 Å². The molecule has 1 aromatic heterocycles. The summed E-state index contributed by atoms with van der Waals surface area (Å²) in [5.41, 5.74) is -5.80. The van der Waals surface area contributed by atoms with Crippen LogP contribution in [0.2, 0.25) is 0 Å². The molecule has 10 nitrogen and oxygen atoms in total. The summed E-state index contributed by atoms with van der Waals surface area (Å²) in [5.74, 6) is -2.56. The number of hydrogen-bond acceptors (Lipinski definition) is 7. The summed E-state index contributed by atoms with van der Waals surface area (Å²) in [6.07, 6.45) is -9.39. The third-order valence-corrected chi connectivity index (χ3v) is 9.74. The molecule has 5 rings (SSSR count). The minimum Gasteiger partial charge on any atom is -0.336 e. The van der Waals surface area contributed by atoms with Gasteiger partial charge in [0.25, 0.3) is 0 Å². The van der Waals surface area contributed by atoms with Crippen molar-refractivity contribution in [2.45, 2.75) is 66.2 Å². The lowest BCUT2D eigenvalue weighted by Gasteiger charge is -2.29. The molecule has 2 atom stereocenters. The topological polar surface area (TPSA) is 138 Å². The molecular formula is C23H20F6N6O4S. The van der Waals surface area contributed by atoms with Crippen LogP contribution in [0, 0.1) is 16.7 Å². The minimum absolute atomic E-state index is 0.156. The van der Waals surface area contributed by atoms with Gasteiger partial charge in [-0.05, 0) is 50.3 Å². The Bertz CT molecular complexity index is 1510. The Kier molecular flexibility index (Phi) is 6.21. The number of carbonyl (C=O) groups excluding carboxylic acids is 2. The second-order valence-electron chi connectivity index (χ2n) is 10.2. The molecule has 1 saturated heterocycles. The molecule has 40 heavy (non-hydrogen) atoms. The van der Waals surface area contributed by atoms with Crippen molar-refractivity contribution in [3.05, 3.63) is 36.4 Å². The van der Waals surface area contributed by atoms with E-state index in [4.69, 9.17) is 0 Å². The number of sulfone groups is 1. The average molecular weight is 591 g/mol. The molecule has 1 aromatic carbocycles. The number of hydrogen-bond donors (Lipinski definition) is 1. The van der Waals surface area contributed by atoms with Crippen LogP contribution in [0.5, 0.6) is 0 Å². The van der Waals surface area contributed by atoms with E-state index in [1.165, 1.54) is 0 Å². The van der Waals surface area contributed by atoms with Crippen LogP contribution in [0.1, 0.15) is 37.7 Å². The second-order valence-corrected chi connectivity index (χ2v) is 12.4. The largest absolute Gasteiger partial charge is 0.417 e. The van der Waals surface area contributed by atoms with Gasteiger partial charge in [0.2, 0.25) is 11.8 Å². The minimum atomic E-state index is -5.16. The van der Waals surface area contributed by atoms with Crippen LogP contribution in [0.15, 0.2) is 35.7 Å². The number of rotatable bonds is 6. The van der Waals surface area contributed by atoms with Gasteiger partial charge in [0.1, 0.15) is 29.7 Å². The summed E-state index contributed by atoms with van der Waals surface area (Å²) < 4.78 is 111. The maximum absolute atomic E-state index is 14.0. The fraction of sp³-hybridized carbons (Fsp3) is 0.522. The summed E-state index contributed by atoms with van der Waals surface area (Å²) in [7, 11) is -4.95. The Labute approximate surface area is 222 Å². The van der Waals surface area contributed by atoms with E-state index in [-0.39, 0.29) is 18.5 Å². The van der Waals surface area contributed by atoms with Crippen LogP contribution < -0.4 is 5.32 Å². The number of carbonyl (C=O) groups is 2. The summed E-state index contributed by atoms with van der Waals surface area (Å²) >= 11 is 0. The average Bonchev–Trinajstić information content (AvgIpc) is 3.73. The maximum atomic E-state index is 14.0. The highest BCUT2D eigenvalue weighted by Gasteiger charge is 2.70. The molecule has 0 spiro atoms. The van der Waals surface area contributed by atoms with Crippen LogP contribution >= 0.6 is 0 Å². The summed E-state index contributed by atoms with van der Waals surface area (Å²) in [4.78, 5) is 29.1. The number of amides is 2. The highest BCUT2D eigenvalue weighted by Crippen LogP contribution is 2.59. The molecule has 214 valence electrons. The van der Waals surface area contributed by atoms with Gasteiger partial charge in [-0.15, -0.1) is 0 Å². The normalized spacial score (nSPS) is 23.4. The first-order chi connectivity index (χ1) is 18.5. The van der Waals surface area contributed by atoms with Gasteiger partial charge in [0, 0.05) is 6.54 Å². The number of nitriles is 1. The maximum Gasteiger partial charge on any atom is 0.417 e. The van der Waals surface area contributed by atoms with E-state index in [1.54, 1.807) is 0 Å². The van der Waals surface area contributed by atoms with E-state index in [1.807, 2.05) is 6.07 Å². The molecule has 2 saturated carbocycles. The van der Waals surface area contributed by atoms with Gasteiger partial charge >= 0.3 is 12.4 Å². The number of likely N-dealkylation sites (tertiary alicyclic amines) is 1. The molecule has 1 aliphatic heterocycles. The van der Waals surface area contributed by atoms with Crippen molar-refractivity contribution in [1.82, 2.24) is 25.0 Å². The van der Waals surface area contributed by atoms with Crippen molar-refractivity contribution in [2.24, 2.45) is 5.41 Å². The number of nitrogens with zero attached hydrogens (tertiary/aromatic N) is 5. The first-order valence-corrected chi connectivity index (χ1v) is 13.5. The molecule has 3 aliphatic rings. The van der Waals surface area contributed by atoms with E-state index in [0.29, 0.717) is 17.0 Å². The van der Waals surface area contributed by atoms with Gasteiger partial charge < -0.3 is 10.2 Å². The zero-order valence-corrected chi connectivity index (χ0v) is 21.1. The smallest absolute Gasteiger partial charge is 0.336 e. The highest BCUT2D eigenvalue weighted by atomic mass is 32.2. The number of benzene rings is 1. The number of halogens is 6. The van der Waals surface area contributed by atoms with Crippen molar-refractivity contribution in [2.75, 3.05) is 6.54 Å². The fourth-order valence-corrected chi connectivity index (χ4v) is 6.76. The standard InChI is InChI=1S/C23H20F6N6O4S/c24-22(25,26)15-7-13(35-12-31-11-32-35)1-2-17(15)40(38,39)14-8-16(18(36)33-20(10-30)3-4-20)34(9-14)19(37)21(5-6-21)23(27,28)29/h1-2,7,11-12,14,16H,3-6,8-9H2,(H,33,36)/t14-,16+/m1/s1. The van der Waals surface area contributed by atoms with Crippen LogP contribution in [-0.2, 0) is 25.6 Å². The molecule has 2 amide bonds. The number of nitrogens with one attached hydrogen (secondary N) is 1. The summed E-state index contributed by atoms with van der Waals surface area (Å²) in [6.45, 7) is -0.932. The monoisotopic (exact) mass is 590 g/mol. The lowest BCUT2D eigenvalue weighted by atomic mass is 10.0. The molecular weight excluding hydrogens is 570 g/mol. The van der Waals surface area contributed by atoms with Crippen molar-refractivity contribution >= 4 is 21.7 Å². The molecule has 17 heteroatoms. The summed E-state index contributed by atoms with van der Waals surface area (Å²) in [6, 6.07) is 2.40. The van der Waals surface area contributed by atoms with Gasteiger partial charge in [0.05, 0.1) is 27.5 Å². The molecule has 0 bridgehead atoms. The molecule has 2 aromatic rings. The Hall–Kier alpha value is -3.68. The lowest BCUT2D eigenvalue weighted by Crippen LogP contribution is -2.53. The molecule has 0 unspecified atom stereocenters. The predicted molar refractivity (Wildman–Crippen MR) is 121 cm³/mol. The van der Waals surface area contributed by atoms with Crippen LogP contribution in [0.3, 0.4) is 0 Å². The third kappa shape index (κ3) is 4.57. The van der Waals surface area contributed by atoms with Crippen molar-refractivity contribution in [3.63, 3.8) is 0 Å². The third-order valence-electron chi connectivity index (χ3n) is 7.55. The van der Waals surface area contributed by atoms with Crippen molar-refractivity contribution < 1.29 is 44.3 Å². The first kappa shape index (κ1) is 27.9. The van der Waals surface area contributed by atoms with Gasteiger partial charge in [0.15, 0.2) is 9.84 Å². The van der Waals surface area contributed by atoms with E-state index in [0.717, 1.165) is 23.4 Å². The highest BCUT2D eigenvalue weighted by molar-refractivity contribution is 7.92. The summed E-state index contributed by atoms with van der Waals surface area (Å²) in [5, 5.41) is 13.5. The molecule has 3 fully saturated rings. The zero-order chi connectivity index (χ0) is 29.3. The Morgan fingerprint density at radius 2 is 1.77 bits per heavy atom. The lowest BCUT2D eigenvalue weighted by molar-refractivity contribution is -0.199. The number of aromatic nitrogens is 3. The molecule has 0 radical (unpaired) electrons.